The third-order valence-corrected chi connectivity index (χ3v) is 4.00. The largest absolute Gasteiger partial charge is 0.354 e. The van der Waals surface area contributed by atoms with Crippen LogP contribution in [0.1, 0.15) is 37.8 Å². The van der Waals surface area contributed by atoms with Gasteiger partial charge in [0.2, 0.25) is 11.8 Å². The Morgan fingerprint density at radius 3 is 2.68 bits per heavy atom. The van der Waals surface area contributed by atoms with Crippen LogP contribution in [0.2, 0.25) is 5.02 Å². The lowest BCUT2D eigenvalue weighted by Gasteiger charge is -2.19. The fourth-order valence-electron chi connectivity index (χ4n) is 2.62. The van der Waals surface area contributed by atoms with Crippen LogP contribution in [0.5, 0.6) is 0 Å². The molecule has 22 heavy (non-hydrogen) atoms. The number of carbonyl (C=O) groups excluding carboxylic acids is 2. The van der Waals surface area contributed by atoms with Crippen molar-refractivity contribution in [3.05, 3.63) is 34.9 Å². The minimum absolute atomic E-state index is 0.0672. The van der Waals surface area contributed by atoms with E-state index in [0.29, 0.717) is 17.6 Å². The monoisotopic (exact) mass is 323 g/mol. The van der Waals surface area contributed by atoms with Gasteiger partial charge >= 0.3 is 0 Å². The van der Waals surface area contributed by atoms with Crippen LogP contribution in [-0.2, 0) is 9.59 Å². The van der Waals surface area contributed by atoms with Crippen molar-refractivity contribution >= 4 is 23.4 Å². The number of halogens is 1. The summed E-state index contributed by atoms with van der Waals surface area (Å²) in [6.07, 6.45) is 2.46. The number of nitrogens with one attached hydrogen (secondary N) is 3. The van der Waals surface area contributed by atoms with Gasteiger partial charge in [0.05, 0.1) is 12.5 Å². The number of rotatable bonds is 6. The highest BCUT2D eigenvalue weighted by atomic mass is 35.5. The lowest BCUT2D eigenvalue weighted by atomic mass is 10.0. The van der Waals surface area contributed by atoms with Crippen molar-refractivity contribution in [2.75, 3.05) is 13.1 Å². The molecule has 5 nitrogen and oxygen atoms in total. The molecule has 0 bridgehead atoms. The van der Waals surface area contributed by atoms with Gasteiger partial charge in [0, 0.05) is 24.5 Å². The first kappa shape index (κ1) is 16.8. The summed E-state index contributed by atoms with van der Waals surface area (Å²) in [7, 11) is 0. The Kier molecular flexibility index (Phi) is 6.21. The van der Waals surface area contributed by atoms with E-state index in [4.69, 9.17) is 11.6 Å². The molecule has 0 aliphatic carbocycles. The highest BCUT2D eigenvalue weighted by molar-refractivity contribution is 6.30. The molecule has 2 rings (SSSR count). The van der Waals surface area contributed by atoms with Crippen molar-refractivity contribution in [1.82, 2.24) is 16.0 Å². The SMILES string of the molecule is CC(=O)NC(CC(=O)NCC1CCCN1)c1ccc(Cl)cc1. The Balaban J connectivity index is 1.91. The molecular formula is C16H22ClN3O2. The molecule has 1 aromatic carbocycles. The van der Waals surface area contributed by atoms with Crippen molar-refractivity contribution in [2.45, 2.75) is 38.3 Å². The molecular weight excluding hydrogens is 302 g/mol. The molecule has 1 aliphatic heterocycles. The number of hydrogen-bond acceptors (Lipinski definition) is 3. The summed E-state index contributed by atoms with van der Waals surface area (Å²) < 4.78 is 0. The van der Waals surface area contributed by atoms with E-state index in [-0.39, 0.29) is 24.3 Å². The lowest BCUT2D eigenvalue weighted by molar-refractivity contribution is -0.122. The topological polar surface area (TPSA) is 70.2 Å². The molecule has 0 aromatic heterocycles. The fraction of sp³-hybridized carbons (Fsp3) is 0.500. The summed E-state index contributed by atoms with van der Waals surface area (Å²) in [6.45, 7) is 3.09. The third-order valence-electron chi connectivity index (χ3n) is 3.75. The molecule has 0 saturated carbocycles. The molecule has 1 aliphatic rings. The van der Waals surface area contributed by atoms with E-state index in [1.165, 1.54) is 6.92 Å². The van der Waals surface area contributed by atoms with E-state index in [9.17, 15) is 9.59 Å². The zero-order chi connectivity index (χ0) is 15.9. The maximum absolute atomic E-state index is 12.1. The smallest absolute Gasteiger partial charge is 0.222 e. The van der Waals surface area contributed by atoms with Crippen LogP contribution >= 0.6 is 11.6 Å². The predicted octanol–water partition coefficient (Wildman–Crippen LogP) is 1.78. The average molecular weight is 324 g/mol. The molecule has 2 atom stereocenters. The maximum Gasteiger partial charge on any atom is 0.222 e. The molecule has 0 radical (unpaired) electrons. The molecule has 1 fully saturated rings. The summed E-state index contributed by atoms with van der Waals surface area (Å²) in [5.41, 5.74) is 0.869. The van der Waals surface area contributed by atoms with Gasteiger partial charge in [0.15, 0.2) is 0 Å². The van der Waals surface area contributed by atoms with Crippen molar-refractivity contribution in [1.29, 1.82) is 0 Å². The Morgan fingerprint density at radius 1 is 1.36 bits per heavy atom. The first-order valence-electron chi connectivity index (χ1n) is 7.57. The highest BCUT2D eigenvalue weighted by Crippen LogP contribution is 2.19. The normalized spacial score (nSPS) is 18.7. The first-order chi connectivity index (χ1) is 10.5. The Morgan fingerprint density at radius 2 is 2.09 bits per heavy atom. The van der Waals surface area contributed by atoms with Gasteiger partial charge < -0.3 is 16.0 Å². The molecule has 0 spiro atoms. The van der Waals surface area contributed by atoms with Crippen molar-refractivity contribution < 1.29 is 9.59 Å². The second-order valence-electron chi connectivity index (χ2n) is 5.61. The van der Waals surface area contributed by atoms with Gasteiger partial charge in [-0.05, 0) is 37.1 Å². The summed E-state index contributed by atoms with van der Waals surface area (Å²) in [6, 6.07) is 7.19. The van der Waals surface area contributed by atoms with Crippen LogP contribution < -0.4 is 16.0 Å². The van der Waals surface area contributed by atoms with Gasteiger partial charge in [-0.1, -0.05) is 23.7 Å². The van der Waals surface area contributed by atoms with E-state index < -0.39 is 0 Å². The van der Waals surface area contributed by atoms with E-state index in [0.717, 1.165) is 24.9 Å². The summed E-state index contributed by atoms with van der Waals surface area (Å²) >= 11 is 5.88. The van der Waals surface area contributed by atoms with Gasteiger partial charge in [-0.3, -0.25) is 9.59 Å². The van der Waals surface area contributed by atoms with E-state index in [2.05, 4.69) is 16.0 Å². The zero-order valence-electron chi connectivity index (χ0n) is 12.7. The van der Waals surface area contributed by atoms with Crippen LogP contribution in [0.4, 0.5) is 0 Å². The molecule has 1 saturated heterocycles. The summed E-state index contributed by atoms with van der Waals surface area (Å²) in [4.78, 5) is 23.5. The Bertz CT molecular complexity index is 513. The standard InChI is InChI=1S/C16H22ClN3O2/c1-11(21)20-15(12-4-6-13(17)7-5-12)9-16(22)19-10-14-3-2-8-18-14/h4-7,14-15,18H,2-3,8-10H2,1H3,(H,19,22)(H,20,21). The van der Waals surface area contributed by atoms with Crippen molar-refractivity contribution in [2.24, 2.45) is 0 Å². The number of hydrogen-bond donors (Lipinski definition) is 3. The van der Waals surface area contributed by atoms with Gasteiger partial charge in [0.1, 0.15) is 0 Å². The van der Waals surface area contributed by atoms with Crippen LogP contribution in [0, 0.1) is 0 Å². The number of benzene rings is 1. The van der Waals surface area contributed by atoms with E-state index in [1.807, 2.05) is 12.1 Å². The van der Waals surface area contributed by atoms with Gasteiger partial charge in [-0.15, -0.1) is 0 Å². The highest BCUT2D eigenvalue weighted by Gasteiger charge is 2.19. The van der Waals surface area contributed by atoms with Crippen molar-refractivity contribution in [3.63, 3.8) is 0 Å². The molecule has 1 heterocycles. The van der Waals surface area contributed by atoms with Crippen LogP contribution in [-0.4, -0.2) is 30.9 Å². The summed E-state index contributed by atoms with van der Waals surface area (Å²) in [5, 5.41) is 9.71. The minimum atomic E-state index is -0.341. The fourth-order valence-corrected chi connectivity index (χ4v) is 2.74. The van der Waals surface area contributed by atoms with Gasteiger partial charge in [-0.2, -0.15) is 0 Å². The van der Waals surface area contributed by atoms with Gasteiger partial charge in [0.25, 0.3) is 0 Å². The Labute approximate surface area is 135 Å². The van der Waals surface area contributed by atoms with Crippen LogP contribution in [0.15, 0.2) is 24.3 Å². The molecule has 3 N–H and O–H groups in total. The average Bonchev–Trinajstić information content (AvgIpc) is 2.98. The zero-order valence-corrected chi connectivity index (χ0v) is 13.5. The van der Waals surface area contributed by atoms with Crippen molar-refractivity contribution in [3.8, 4) is 0 Å². The van der Waals surface area contributed by atoms with E-state index >= 15 is 0 Å². The molecule has 120 valence electrons. The van der Waals surface area contributed by atoms with Crippen LogP contribution in [0.25, 0.3) is 0 Å². The minimum Gasteiger partial charge on any atom is -0.354 e. The molecule has 1 aromatic rings. The predicted molar refractivity (Wildman–Crippen MR) is 86.7 cm³/mol. The number of carbonyl (C=O) groups is 2. The maximum atomic E-state index is 12.1. The van der Waals surface area contributed by atoms with Crippen LogP contribution in [0.3, 0.4) is 0 Å². The molecule has 6 heteroatoms. The first-order valence-corrected chi connectivity index (χ1v) is 7.95. The Hall–Kier alpha value is -1.59. The third kappa shape index (κ3) is 5.31. The van der Waals surface area contributed by atoms with E-state index in [1.54, 1.807) is 12.1 Å². The quantitative estimate of drug-likeness (QED) is 0.747. The second-order valence-corrected chi connectivity index (χ2v) is 6.04. The molecule has 2 amide bonds. The summed E-state index contributed by atoms with van der Waals surface area (Å²) in [5.74, 6) is -0.229. The second kappa shape index (κ2) is 8.15. The lowest BCUT2D eigenvalue weighted by Crippen LogP contribution is -2.39. The van der Waals surface area contributed by atoms with Gasteiger partial charge in [-0.25, -0.2) is 0 Å². The molecule has 2 unspecified atom stereocenters. The number of amides is 2.